The Morgan fingerprint density at radius 1 is 1.43 bits per heavy atom. The predicted molar refractivity (Wildman–Crippen MR) is 51.8 cm³/mol. The fraction of sp³-hybridized carbons (Fsp3) is 0.222. The van der Waals surface area contributed by atoms with Crippen LogP contribution in [0.1, 0.15) is 6.92 Å². The molecular weight excluding hydrogens is 180 g/mol. The van der Waals surface area contributed by atoms with Gasteiger partial charge in [0.05, 0.1) is 0 Å². The quantitative estimate of drug-likeness (QED) is 0.756. The Balaban J connectivity index is 2.54. The number of hydrogen-bond acceptors (Lipinski definition) is 3. The zero-order valence-corrected chi connectivity index (χ0v) is 7.77. The summed E-state index contributed by atoms with van der Waals surface area (Å²) in [4.78, 5) is 17.8. The molecule has 0 bridgehead atoms. The van der Waals surface area contributed by atoms with Crippen LogP contribution in [-0.2, 0) is 6.54 Å². The van der Waals surface area contributed by atoms with Crippen molar-refractivity contribution in [2.24, 2.45) is 0 Å². The van der Waals surface area contributed by atoms with Crippen LogP contribution in [0.4, 0.5) is 0 Å². The maximum Gasteiger partial charge on any atom is 0.251 e. The van der Waals surface area contributed by atoms with Crippen molar-refractivity contribution in [3.63, 3.8) is 0 Å². The molecular formula is C9H10N4O. The first-order chi connectivity index (χ1) is 6.81. The van der Waals surface area contributed by atoms with Crippen molar-refractivity contribution in [2.45, 2.75) is 13.5 Å². The van der Waals surface area contributed by atoms with Crippen molar-refractivity contribution in [1.29, 1.82) is 0 Å². The average Bonchev–Trinajstić information content (AvgIpc) is 2.65. The third-order valence-corrected chi connectivity index (χ3v) is 1.93. The lowest BCUT2D eigenvalue weighted by atomic mass is 10.4. The van der Waals surface area contributed by atoms with Crippen LogP contribution >= 0.6 is 0 Å². The van der Waals surface area contributed by atoms with Gasteiger partial charge >= 0.3 is 0 Å². The molecule has 0 aliphatic carbocycles. The molecule has 1 N–H and O–H groups in total. The molecule has 0 unspecified atom stereocenters. The zero-order valence-electron chi connectivity index (χ0n) is 7.77. The lowest BCUT2D eigenvalue weighted by molar-refractivity contribution is 0.663. The molecule has 0 atom stereocenters. The van der Waals surface area contributed by atoms with E-state index in [1.165, 1.54) is 12.3 Å². The SMILES string of the molecule is CCn1nccc1-c1nccc(=O)[nH]1. The van der Waals surface area contributed by atoms with Crippen LogP contribution in [0.25, 0.3) is 11.5 Å². The Kier molecular flexibility index (Phi) is 2.14. The molecule has 0 aromatic carbocycles. The zero-order chi connectivity index (χ0) is 9.97. The van der Waals surface area contributed by atoms with Crippen molar-refractivity contribution < 1.29 is 0 Å². The highest BCUT2D eigenvalue weighted by atomic mass is 16.1. The standard InChI is InChI=1S/C9H10N4O/c1-2-13-7(3-6-11-13)9-10-5-4-8(14)12-9/h3-6H,2H2,1H3,(H,10,12,14). The van der Waals surface area contributed by atoms with Gasteiger partial charge in [-0.3, -0.25) is 9.48 Å². The van der Waals surface area contributed by atoms with Crippen LogP contribution in [0.3, 0.4) is 0 Å². The summed E-state index contributed by atoms with van der Waals surface area (Å²) in [5.74, 6) is 0.553. The van der Waals surface area contributed by atoms with Crippen molar-refractivity contribution in [3.8, 4) is 11.5 Å². The molecule has 0 amide bonds. The molecule has 0 spiro atoms. The van der Waals surface area contributed by atoms with Crippen LogP contribution in [0.15, 0.2) is 29.3 Å². The molecule has 0 fully saturated rings. The number of rotatable bonds is 2. The van der Waals surface area contributed by atoms with E-state index in [-0.39, 0.29) is 5.56 Å². The van der Waals surface area contributed by atoms with Crippen molar-refractivity contribution >= 4 is 0 Å². The molecule has 0 aliphatic heterocycles. The molecule has 2 rings (SSSR count). The topological polar surface area (TPSA) is 63.6 Å². The normalized spacial score (nSPS) is 10.4. The van der Waals surface area contributed by atoms with Gasteiger partial charge in [-0.2, -0.15) is 5.10 Å². The van der Waals surface area contributed by atoms with E-state index in [9.17, 15) is 4.79 Å². The third-order valence-electron chi connectivity index (χ3n) is 1.93. The monoisotopic (exact) mass is 190 g/mol. The van der Waals surface area contributed by atoms with Crippen molar-refractivity contribution in [1.82, 2.24) is 19.7 Å². The summed E-state index contributed by atoms with van der Waals surface area (Å²) in [6.07, 6.45) is 3.17. The largest absolute Gasteiger partial charge is 0.305 e. The van der Waals surface area contributed by atoms with E-state index in [4.69, 9.17) is 0 Å². The van der Waals surface area contributed by atoms with Gasteiger partial charge in [-0.1, -0.05) is 0 Å². The molecule has 0 saturated heterocycles. The van der Waals surface area contributed by atoms with Gasteiger partial charge in [-0.05, 0) is 13.0 Å². The summed E-state index contributed by atoms with van der Waals surface area (Å²) in [5.41, 5.74) is 0.670. The van der Waals surface area contributed by atoms with Crippen LogP contribution in [0.5, 0.6) is 0 Å². The lowest BCUT2D eigenvalue weighted by Gasteiger charge is -2.02. The summed E-state index contributed by atoms with van der Waals surface area (Å²) >= 11 is 0. The number of aromatic amines is 1. The average molecular weight is 190 g/mol. The second kappa shape index (κ2) is 3.45. The maximum atomic E-state index is 11.1. The smallest absolute Gasteiger partial charge is 0.251 e. The minimum absolute atomic E-state index is 0.154. The highest BCUT2D eigenvalue weighted by molar-refractivity contribution is 5.47. The van der Waals surface area contributed by atoms with Gasteiger partial charge in [-0.15, -0.1) is 0 Å². The Bertz CT molecular complexity index is 485. The van der Waals surface area contributed by atoms with Gasteiger partial charge in [0.1, 0.15) is 5.69 Å². The Hall–Kier alpha value is -1.91. The van der Waals surface area contributed by atoms with E-state index in [1.807, 2.05) is 13.0 Å². The van der Waals surface area contributed by atoms with E-state index >= 15 is 0 Å². The van der Waals surface area contributed by atoms with Gasteiger partial charge in [0.15, 0.2) is 5.82 Å². The molecule has 2 heterocycles. The number of nitrogens with zero attached hydrogens (tertiary/aromatic N) is 3. The number of nitrogens with one attached hydrogen (secondary N) is 1. The van der Waals surface area contributed by atoms with Crippen LogP contribution in [0, 0.1) is 0 Å². The Labute approximate surface area is 80.4 Å². The number of hydrogen-bond donors (Lipinski definition) is 1. The van der Waals surface area contributed by atoms with E-state index in [2.05, 4.69) is 15.1 Å². The predicted octanol–water partition coefficient (Wildman–Crippen LogP) is 0.653. The minimum atomic E-state index is -0.154. The molecule has 5 heteroatoms. The van der Waals surface area contributed by atoms with E-state index in [1.54, 1.807) is 10.9 Å². The molecule has 5 nitrogen and oxygen atoms in total. The number of aryl methyl sites for hydroxylation is 1. The van der Waals surface area contributed by atoms with Crippen LogP contribution in [0.2, 0.25) is 0 Å². The molecule has 2 aromatic heterocycles. The van der Waals surface area contributed by atoms with E-state index in [0.29, 0.717) is 5.82 Å². The highest BCUT2D eigenvalue weighted by Crippen LogP contribution is 2.11. The minimum Gasteiger partial charge on any atom is -0.305 e. The molecule has 72 valence electrons. The highest BCUT2D eigenvalue weighted by Gasteiger charge is 2.05. The molecule has 0 aliphatic rings. The first-order valence-electron chi connectivity index (χ1n) is 4.39. The van der Waals surface area contributed by atoms with E-state index in [0.717, 1.165) is 12.2 Å². The second-order valence-corrected chi connectivity index (χ2v) is 2.81. The van der Waals surface area contributed by atoms with Crippen molar-refractivity contribution in [3.05, 3.63) is 34.9 Å². The first kappa shape index (κ1) is 8.68. The summed E-state index contributed by atoms with van der Waals surface area (Å²) in [5, 5.41) is 4.10. The number of H-pyrrole nitrogens is 1. The van der Waals surface area contributed by atoms with Gasteiger partial charge < -0.3 is 4.98 Å². The summed E-state index contributed by atoms with van der Waals surface area (Å²) in [6, 6.07) is 3.21. The second-order valence-electron chi connectivity index (χ2n) is 2.81. The molecule has 0 saturated carbocycles. The summed E-state index contributed by atoms with van der Waals surface area (Å²) < 4.78 is 1.78. The van der Waals surface area contributed by atoms with Crippen LogP contribution < -0.4 is 5.56 Å². The fourth-order valence-electron chi connectivity index (χ4n) is 1.29. The Morgan fingerprint density at radius 3 is 3.00 bits per heavy atom. The third kappa shape index (κ3) is 1.44. The first-order valence-corrected chi connectivity index (χ1v) is 4.39. The summed E-state index contributed by atoms with van der Waals surface area (Å²) in [7, 11) is 0. The van der Waals surface area contributed by atoms with Gasteiger partial charge in [0, 0.05) is 25.0 Å². The molecule has 2 aromatic rings. The fourth-order valence-corrected chi connectivity index (χ4v) is 1.29. The lowest BCUT2D eigenvalue weighted by Crippen LogP contribution is -2.08. The number of aromatic nitrogens is 4. The Morgan fingerprint density at radius 2 is 2.29 bits per heavy atom. The van der Waals surface area contributed by atoms with Crippen molar-refractivity contribution in [2.75, 3.05) is 0 Å². The maximum absolute atomic E-state index is 11.1. The van der Waals surface area contributed by atoms with Gasteiger partial charge in [0.2, 0.25) is 0 Å². The van der Waals surface area contributed by atoms with E-state index < -0.39 is 0 Å². The van der Waals surface area contributed by atoms with Crippen LogP contribution in [-0.4, -0.2) is 19.7 Å². The van der Waals surface area contributed by atoms with Gasteiger partial charge in [0.25, 0.3) is 5.56 Å². The van der Waals surface area contributed by atoms with Gasteiger partial charge in [-0.25, -0.2) is 4.98 Å². The summed E-state index contributed by atoms with van der Waals surface area (Å²) in [6.45, 7) is 2.73. The molecule has 14 heavy (non-hydrogen) atoms. The molecule has 0 radical (unpaired) electrons.